The number of phenolic OH excluding ortho intramolecular Hbond substituents is 1. The van der Waals surface area contributed by atoms with E-state index in [0.717, 1.165) is 38.1 Å². The minimum absolute atomic E-state index is 0.135. The van der Waals surface area contributed by atoms with Crippen LogP contribution in [0.15, 0.2) is 18.2 Å². The fraction of sp³-hybridized carbons (Fsp3) is 0.700. The summed E-state index contributed by atoms with van der Waals surface area (Å²) in [6.45, 7) is 4.56. The van der Waals surface area contributed by atoms with Gasteiger partial charge in [0.25, 0.3) is 0 Å². The maximum absolute atomic E-state index is 11.9. The number of piperidine rings is 1. The second-order valence-corrected chi connectivity index (χ2v) is 8.77. The van der Waals surface area contributed by atoms with Gasteiger partial charge in [0.1, 0.15) is 5.75 Å². The molecular formula is C20H27NO2. The van der Waals surface area contributed by atoms with Crippen molar-refractivity contribution in [2.24, 2.45) is 11.8 Å². The van der Waals surface area contributed by atoms with E-state index in [9.17, 15) is 10.2 Å². The van der Waals surface area contributed by atoms with Gasteiger partial charge in [0, 0.05) is 18.0 Å². The smallest absolute Gasteiger partial charge is 0.115 e. The van der Waals surface area contributed by atoms with Crippen LogP contribution in [-0.4, -0.2) is 39.8 Å². The van der Waals surface area contributed by atoms with Gasteiger partial charge in [-0.25, -0.2) is 0 Å². The van der Waals surface area contributed by atoms with E-state index >= 15 is 0 Å². The minimum atomic E-state index is -0.611. The molecule has 3 fully saturated rings. The van der Waals surface area contributed by atoms with Crippen molar-refractivity contribution in [3.05, 3.63) is 29.3 Å². The van der Waals surface area contributed by atoms with Crippen LogP contribution in [0.5, 0.6) is 5.75 Å². The Balaban J connectivity index is 1.64. The Morgan fingerprint density at radius 1 is 1.26 bits per heavy atom. The summed E-state index contributed by atoms with van der Waals surface area (Å²) in [5.41, 5.74) is 1.85. The zero-order chi connectivity index (χ0) is 15.8. The lowest BCUT2D eigenvalue weighted by Gasteiger charge is -2.59. The van der Waals surface area contributed by atoms with E-state index in [1.165, 1.54) is 30.5 Å². The number of benzene rings is 1. The predicted molar refractivity (Wildman–Crippen MR) is 89.5 cm³/mol. The van der Waals surface area contributed by atoms with Crippen molar-refractivity contribution in [2.75, 3.05) is 13.1 Å². The number of likely N-dealkylation sites (tertiary alicyclic amines) is 1. The van der Waals surface area contributed by atoms with Crippen LogP contribution in [0.1, 0.15) is 50.2 Å². The van der Waals surface area contributed by atoms with Crippen LogP contribution in [0, 0.1) is 11.8 Å². The summed E-state index contributed by atoms with van der Waals surface area (Å²) >= 11 is 0. The van der Waals surface area contributed by atoms with Crippen LogP contribution >= 0.6 is 0 Å². The highest BCUT2D eigenvalue weighted by Crippen LogP contribution is 2.61. The molecule has 2 saturated carbocycles. The maximum atomic E-state index is 11.9. The lowest BCUT2D eigenvalue weighted by atomic mass is 9.56. The van der Waals surface area contributed by atoms with Gasteiger partial charge in [-0.1, -0.05) is 13.0 Å². The van der Waals surface area contributed by atoms with Crippen molar-refractivity contribution in [1.29, 1.82) is 0 Å². The van der Waals surface area contributed by atoms with Crippen molar-refractivity contribution < 1.29 is 10.2 Å². The van der Waals surface area contributed by atoms with Gasteiger partial charge in [-0.2, -0.15) is 0 Å². The molecule has 2 N–H and O–H groups in total. The average molecular weight is 313 g/mol. The zero-order valence-corrected chi connectivity index (χ0v) is 14.0. The van der Waals surface area contributed by atoms with E-state index in [1.54, 1.807) is 0 Å². The predicted octanol–water partition coefficient (Wildman–Crippen LogP) is 2.83. The van der Waals surface area contributed by atoms with Crippen LogP contribution in [0.25, 0.3) is 0 Å². The lowest BCUT2D eigenvalue weighted by molar-refractivity contribution is -0.131. The molecule has 4 unspecified atom stereocenters. The molecule has 23 heavy (non-hydrogen) atoms. The third-order valence-corrected chi connectivity index (χ3v) is 7.22. The Hall–Kier alpha value is -1.06. The quantitative estimate of drug-likeness (QED) is 0.882. The molecule has 3 aliphatic carbocycles. The monoisotopic (exact) mass is 313 g/mol. The Bertz CT molecular complexity index is 655. The maximum Gasteiger partial charge on any atom is 0.115 e. The van der Waals surface area contributed by atoms with Gasteiger partial charge >= 0.3 is 0 Å². The van der Waals surface area contributed by atoms with Crippen molar-refractivity contribution in [3.63, 3.8) is 0 Å². The molecule has 0 radical (unpaired) electrons. The summed E-state index contributed by atoms with van der Waals surface area (Å²) in [6, 6.07) is 6.13. The third kappa shape index (κ3) is 1.84. The summed E-state index contributed by atoms with van der Waals surface area (Å²) in [7, 11) is 0. The van der Waals surface area contributed by atoms with Gasteiger partial charge in [-0.3, -0.25) is 4.90 Å². The molecule has 3 heteroatoms. The Labute approximate surface area is 138 Å². The summed E-state index contributed by atoms with van der Waals surface area (Å²) in [4.78, 5) is 2.60. The van der Waals surface area contributed by atoms with Crippen LogP contribution < -0.4 is 0 Å². The van der Waals surface area contributed by atoms with Crippen molar-refractivity contribution in [3.8, 4) is 5.75 Å². The average Bonchev–Trinajstić information content (AvgIpc) is 3.25. The molecule has 1 aromatic carbocycles. The second-order valence-electron chi connectivity index (χ2n) is 8.77. The number of hydrogen-bond acceptors (Lipinski definition) is 3. The number of nitrogens with zero attached hydrogens (tertiary/aromatic N) is 1. The van der Waals surface area contributed by atoms with Gasteiger partial charge < -0.3 is 10.2 Å². The highest BCUT2D eigenvalue weighted by atomic mass is 16.3. The Morgan fingerprint density at radius 2 is 2.09 bits per heavy atom. The number of aliphatic hydroxyl groups is 1. The van der Waals surface area contributed by atoms with Crippen LogP contribution in [-0.2, 0) is 11.8 Å². The third-order valence-electron chi connectivity index (χ3n) is 7.22. The Kier molecular flexibility index (Phi) is 2.81. The SMILES string of the molecule is CC1CC23CCN(CC4CC4)C(Cc4ccc(O)cc42)C3(O)C1. The summed E-state index contributed by atoms with van der Waals surface area (Å²) < 4.78 is 0. The summed E-state index contributed by atoms with van der Waals surface area (Å²) in [6.07, 6.45) is 6.68. The number of phenols is 1. The molecule has 0 amide bonds. The second kappa shape index (κ2) is 4.52. The Morgan fingerprint density at radius 3 is 2.87 bits per heavy atom. The van der Waals surface area contributed by atoms with Crippen molar-refractivity contribution >= 4 is 0 Å². The van der Waals surface area contributed by atoms with Gasteiger partial charge in [0.15, 0.2) is 0 Å². The van der Waals surface area contributed by atoms with Crippen molar-refractivity contribution in [1.82, 2.24) is 4.90 Å². The topological polar surface area (TPSA) is 43.7 Å². The number of rotatable bonds is 2. The van der Waals surface area contributed by atoms with Gasteiger partial charge in [0.2, 0.25) is 0 Å². The zero-order valence-electron chi connectivity index (χ0n) is 14.0. The standard InChI is InChI=1S/C20H27NO2/c1-13-10-19-6-7-21(12-14-2-3-14)18(20(19,23)11-13)8-15-4-5-16(22)9-17(15)19/h4-5,9,13-14,18,22-23H,2-3,6-8,10-12H2,1H3. The van der Waals surface area contributed by atoms with E-state index in [0.29, 0.717) is 11.7 Å². The first-order valence-electron chi connectivity index (χ1n) is 9.31. The number of fused-ring (bicyclic) bond motifs is 1. The molecule has 0 spiro atoms. The van der Waals surface area contributed by atoms with E-state index < -0.39 is 5.60 Å². The van der Waals surface area contributed by atoms with E-state index in [2.05, 4.69) is 17.9 Å². The molecular weight excluding hydrogens is 286 g/mol. The van der Waals surface area contributed by atoms with Crippen LogP contribution in [0.4, 0.5) is 0 Å². The molecule has 3 nitrogen and oxygen atoms in total. The molecule has 4 aliphatic rings. The highest BCUT2D eigenvalue weighted by Gasteiger charge is 2.66. The largest absolute Gasteiger partial charge is 0.508 e. The van der Waals surface area contributed by atoms with Gasteiger partial charge in [0.05, 0.1) is 5.60 Å². The minimum Gasteiger partial charge on any atom is -0.508 e. The first-order valence-corrected chi connectivity index (χ1v) is 9.31. The van der Waals surface area contributed by atoms with Crippen LogP contribution in [0.2, 0.25) is 0 Å². The first-order chi connectivity index (χ1) is 11.0. The number of hydrogen-bond donors (Lipinski definition) is 2. The molecule has 124 valence electrons. The molecule has 4 atom stereocenters. The highest BCUT2D eigenvalue weighted by molar-refractivity contribution is 5.48. The first kappa shape index (κ1) is 14.3. The number of aromatic hydroxyl groups is 1. The normalized spacial score (nSPS) is 42.3. The lowest BCUT2D eigenvalue weighted by Crippen LogP contribution is -2.69. The molecule has 0 aromatic heterocycles. The molecule has 1 aromatic rings. The van der Waals surface area contributed by atoms with Gasteiger partial charge in [-0.15, -0.1) is 0 Å². The van der Waals surface area contributed by atoms with Gasteiger partial charge in [-0.05, 0) is 80.2 Å². The van der Waals surface area contributed by atoms with E-state index in [4.69, 9.17) is 0 Å². The molecule has 2 bridgehead atoms. The summed E-state index contributed by atoms with van der Waals surface area (Å²) in [5.74, 6) is 1.77. The fourth-order valence-electron chi connectivity index (χ4n) is 6.16. The summed E-state index contributed by atoms with van der Waals surface area (Å²) in [5, 5.41) is 21.9. The van der Waals surface area contributed by atoms with E-state index in [-0.39, 0.29) is 11.5 Å². The van der Waals surface area contributed by atoms with Crippen LogP contribution in [0.3, 0.4) is 0 Å². The van der Waals surface area contributed by atoms with Crippen molar-refractivity contribution in [2.45, 2.75) is 62.5 Å². The molecule has 1 heterocycles. The van der Waals surface area contributed by atoms with E-state index in [1.807, 2.05) is 12.1 Å². The molecule has 1 saturated heterocycles. The fourth-order valence-corrected chi connectivity index (χ4v) is 6.16. The molecule has 1 aliphatic heterocycles. The molecule has 5 rings (SSSR count).